The van der Waals surface area contributed by atoms with Crippen LogP contribution in [0.5, 0.6) is 0 Å². The molecule has 2 unspecified atom stereocenters. The lowest BCUT2D eigenvalue weighted by Crippen LogP contribution is -2.55. The van der Waals surface area contributed by atoms with Crippen molar-refractivity contribution < 1.29 is 0 Å². The molecule has 1 aromatic rings. The molecular weight excluding hydrogens is 248 g/mol. The van der Waals surface area contributed by atoms with E-state index in [0.29, 0.717) is 22.8 Å². The second-order valence-electron chi connectivity index (χ2n) is 4.92. The fraction of sp³-hybridized carbons (Fsp3) is 0.538. The molecule has 1 saturated heterocycles. The first kappa shape index (κ1) is 13.1. The van der Waals surface area contributed by atoms with E-state index in [9.17, 15) is 0 Å². The number of pyridine rings is 1. The van der Waals surface area contributed by atoms with Gasteiger partial charge >= 0.3 is 0 Å². The molecule has 0 saturated carbocycles. The predicted molar refractivity (Wildman–Crippen MR) is 72.9 cm³/mol. The average molecular weight is 265 g/mol. The van der Waals surface area contributed by atoms with Crippen molar-refractivity contribution in [3.63, 3.8) is 0 Å². The van der Waals surface area contributed by atoms with Crippen LogP contribution in [0.2, 0.25) is 5.15 Å². The van der Waals surface area contributed by atoms with Gasteiger partial charge in [-0.3, -0.25) is 4.90 Å². The van der Waals surface area contributed by atoms with Crippen molar-refractivity contribution >= 4 is 17.4 Å². The van der Waals surface area contributed by atoms with Gasteiger partial charge in [-0.2, -0.15) is 5.26 Å². The van der Waals surface area contributed by atoms with Gasteiger partial charge in [-0.1, -0.05) is 11.6 Å². The third kappa shape index (κ3) is 2.58. The highest BCUT2D eigenvalue weighted by atomic mass is 35.5. The number of likely N-dealkylation sites (N-methyl/N-ethyl adjacent to an activating group) is 1. The number of hydrogen-bond acceptors (Lipinski definition) is 4. The number of halogens is 1. The van der Waals surface area contributed by atoms with Crippen LogP contribution in [-0.2, 0) is 0 Å². The minimum Gasteiger partial charge on any atom is -0.353 e. The summed E-state index contributed by atoms with van der Waals surface area (Å²) in [5, 5.41) is 9.35. The summed E-state index contributed by atoms with van der Waals surface area (Å²) in [6, 6.07) is 6.43. The fourth-order valence-electron chi connectivity index (χ4n) is 2.30. The van der Waals surface area contributed by atoms with E-state index in [2.05, 4.69) is 41.7 Å². The Morgan fingerprint density at radius 2 is 1.94 bits per heavy atom. The third-order valence-electron chi connectivity index (χ3n) is 3.59. The Labute approximate surface area is 113 Å². The summed E-state index contributed by atoms with van der Waals surface area (Å²) in [5.41, 5.74) is 0.559. The van der Waals surface area contributed by atoms with Crippen LogP contribution in [0.15, 0.2) is 12.1 Å². The number of rotatable bonds is 1. The maximum absolute atomic E-state index is 8.97. The van der Waals surface area contributed by atoms with Gasteiger partial charge in [0.25, 0.3) is 0 Å². The summed E-state index contributed by atoms with van der Waals surface area (Å²) in [5.74, 6) is 0.797. The number of aromatic nitrogens is 1. The van der Waals surface area contributed by atoms with E-state index in [1.807, 2.05) is 0 Å². The third-order valence-corrected chi connectivity index (χ3v) is 3.79. The zero-order valence-electron chi connectivity index (χ0n) is 10.9. The molecule has 0 N–H and O–H groups in total. The maximum Gasteiger partial charge on any atom is 0.132 e. The summed E-state index contributed by atoms with van der Waals surface area (Å²) in [7, 11) is 2.14. The second kappa shape index (κ2) is 5.13. The first-order valence-electron chi connectivity index (χ1n) is 6.06. The van der Waals surface area contributed by atoms with Gasteiger partial charge in [-0.15, -0.1) is 0 Å². The normalized spacial score (nSPS) is 24.9. The Kier molecular flexibility index (Phi) is 3.74. The molecule has 18 heavy (non-hydrogen) atoms. The molecule has 1 fully saturated rings. The molecule has 0 spiro atoms. The van der Waals surface area contributed by atoms with Crippen molar-refractivity contribution in [1.82, 2.24) is 9.88 Å². The molecule has 1 aromatic heterocycles. The number of hydrogen-bond donors (Lipinski definition) is 0. The van der Waals surface area contributed by atoms with Crippen LogP contribution in [0.1, 0.15) is 19.4 Å². The van der Waals surface area contributed by atoms with Crippen LogP contribution in [0.3, 0.4) is 0 Å². The van der Waals surface area contributed by atoms with Crippen molar-refractivity contribution in [1.29, 1.82) is 5.26 Å². The minimum absolute atomic E-state index is 0.378. The molecule has 0 aromatic carbocycles. The van der Waals surface area contributed by atoms with Gasteiger partial charge in [0.15, 0.2) is 0 Å². The van der Waals surface area contributed by atoms with E-state index in [0.717, 1.165) is 18.9 Å². The van der Waals surface area contributed by atoms with Crippen LogP contribution in [0.4, 0.5) is 5.82 Å². The van der Waals surface area contributed by atoms with Gasteiger partial charge in [-0.05, 0) is 33.0 Å². The Bertz CT molecular complexity index is 470. The van der Waals surface area contributed by atoms with Gasteiger partial charge in [0, 0.05) is 25.2 Å². The molecular formula is C13H17ClN4. The van der Waals surface area contributed by atoms with Crippen molar-refractivity contribution in [3.05, 3.63) is 22.8 Å². The molecule has 1 aliphatic rings. The highest BCUT2D eigenvalue weighted by Gasteiger charge is 2.27. The maximum atomic E-state index is 8.97. The molecule has 96 valence electrons. The van der Waals surface area contributed by atoms with Crippen LogP contribution in [0, 0.1) is 11.3 Å². The van der Waals surface area contributed by atoms with Gasteiger partial charge in [0.2, 0.25) is 0 Å². The summed E-state index contributed by atoms with van der Waals surface area (Å²) in [6.07, 6.45) is 0. The monoisotopic (exact) mass is 264 g/mol. The Morgan fingerprint density at radius 1 is 1.33 bits per heavy atom. The van der Waals surface area contributed by atoms with Crippen molar-refractivity contribution in [3.8, 4) is 6.07 Å². The van der Waals surface area contributed by atoms with E-state index in [4.69, 9.17) is 16.9 Å². The van der Waals surface area contributed by atoms with Crippen molar-refractivity contribution in [2.24, 2.45) is 0 Å². The lowest BCUT2D eigenvalue weighted by atomic mass is 10.1. The lowest BCUT2D eigenvalue weighted by Gasteiger charge is -2.43. The van der Waals surface area contributed by atoms with E-state index in [1.165, 1.54) is 0 Å². The quantitative estimate of drug-likeness (QED) is 0.729. The van der Waals surface area contributed by atoms with Gasteiger partial charge in [0.1, 0.15) is 11.0 Å². The van der Waals surface area contributed by atoms with Crippen molar-refractivity contribution in [2.45, 2.75) is 25.9 Å². The van der Waals surface area contributed by atoms with Crippen LogP contribution in [0.25, 0.3) is 0 Å². The van der Waals surface area contributed by atoms with Crippen LogP contribution in [-0.4, -0.2) is 42.1 Å². The van der Waals surface area contributed by atoms with E-state index >= 15 is 0 Å². The SMILES string of the molecule is CC1CN(c2cc(C#N)cc(Cl)n2)CC(C)N1C. The Morgan fingerprint density at radius 3 is 2.50 bits per heavy atom. The van der Waals surface area contributed by atoms with E-state index < -0.39 is 0 Å². The van der Waals surface area contributed by atoms with E-state index in [1.54, 1.807) is 12.1 Å². The van der Waals surface area contributed by atoms with Gasteiger partial charge < -0.3 is 4.90 Å². The molecule has 0 aliphatic carbocycles. The smallest absolute Gasteiger partial charge is 0.132 e. The summed E-state index contributed by atoms with van der Waals surface area (Å²) < 4.78 is 0. The molecule has 0 amide bonds. The number of piperazine rings is 1. The molecule has 0 radical (unpaired) electrons. The topological polar surface area (TPSA) is 43.2 Å². The number of nitrogens with zero attached hydrogens (tertiary/aromatic N) is 4. The standard InChI is InChI=1S/C13H17ClN4/c1-9-7-18(8-10(2)17(9)3)13-5-11(6-15)4-12(14)16-13/h4-5,9-10H,7-8H2,1-3H3. The molecule has 5 heteroatoms. The van der Waals surface area contributed by atoms with E-state index in [-0.39, 0.29) is 0 Å². The highest BCUT2D eigenvalue weighted by Crippen LogP contribution is 2.22. The van der Waals surface area contributed by atoms with Crippen molar-refractivity contribution in [2.75, 3.05) is 25.0 Å². The number of nitriles is 1. The van der Waals surface area contributed by atoms with Gasteiger partial charge in [0.05, 0.1) is 11.6 Å². The summed E-state index contributed by atoms with van der Waals surface area (Å²) in [4.78, 5) is 8.87. The Hall–Kier alpha value is -1.31. The minimum atomic E-state index is 0.378. The lowest BCUT2D eigenvalue weighted by molar-refractivity contribution is 0.169. The molecule has 2 atom stereocenters. The number of anilines is 1. The predicted octanol–water partition coefficient (Wildman–Crippen LogP) is 2.14. The molecule has 4 nitrogen and oxygen atoms in total. The van der Waals surface area contributed by atoms with Crippen LogP contribution < -0.4 is 4.90 Å². The van der Waals surface area contributed by atoms with Crippen LogP contribution >= 0.6 is 11.6 Å². The highest BCUT2D eigenvalue weighted by molar-refractivity contribution is 6.29. The first-order chi connectivity index (χ1) is 8.51. The zero-order chi connectivity index (χ0) is 13.3. The summed E-state index contributed by atoms with van der Waals surface area (Å²) >= 11 is 5.95. The molecule has 2 rings (SSSR count). The molecule has 1 aliphatic heterocycles. The summed E-state index contributed by atoms with van der Waals surface area (Å²) in [6.45, 7) is 6.19. The first-order valence-corrected chi connectivity index (χ1v) is 6.43. The van der Waals surface area contributed by atoms with Gasteiger partial charge in [-0.25, -0.2) is 4.98 Å². The molecule has 2 heterocycles. The zero-order valence-corrected chi connectivity index (χ0v) is 11.6. The molecule has 0 bridgehead atoms. The average Bonchev–Trinajstić information content (AvgIpc) is 2.34. The second-order valence-corrected chi connectivity index (χ2v) is 5.30. The largest absolute Gasteiger partial charge is 0.353 e. The fourth-order valence-corrected chi connectivity index (χ4v) is 2.51. The Balaban J connectivity index is 2.27.